The van der Waals surface area contributed by atoms with Crippen molar-refractivity contribution in [1.29, 1.82) is 0 Å². The molecule has 0 saturated heterocycles. The summed E-state index contributed by atoms with van der Waals surface area (Å²) in [5.41, 5.74) is 7.02. The summed E-state index contributed by atoms with van der Waals surface area (Å²) < 4.78 is 0. The number of fused-ring (bicyclic) bond motifs is 2. The van der Waals surface area contributed by atoms with Crippen LogP contribution in [0.2, 0.25) is 0 Å². The van der Waals surface area contributed by atoms with Crippen molar-refractivity contribution in [2.45, 2.75) is 12.5 Å². The standard InChI is InChI=1S/C26H23N3O3/c27-25(31)23(29-24(30)16-28-26(32)17-8-2-1-3-9-17)15-22-20-12-6-4-10-18(20)14-19-11-5-7-13-21(19)22/h1-14,23H,15-16H2,(H2,27,31)(H,28,32)(H,29,30)/t23-/m1/s1. The highest BCUT2D eigenvalue weighted by molar-refractivity contribution is 6.03. The van der Waals surface area contributed by atoms with Gasteiger partial charge in [0.1, 0.15) is 6.04 Å². The molecule has 0 saturated carbocycles. The van der Waals surface area contributed by atoms with Gasteiger partial charge in [0, 0.05) is 12.0 Å². The zero-order chi connectivity index (χ0) is 22.5. The molecule has 0 aliphatic carbocycles. The van der Waals surface area contributed by atoms with Gasteiger partial charge in [-0.3, -0.25) is 14.4 Å². The largest absolute Gasteiger partial charge is 0.368 e. The average Bonchev–Trinajstić information content (AvgIpc) is 2.82. The molecular formula is C26H23N3O3. The van der Waals surface area contributed by atoms with Crippen molar-refractivity contribution in [3.05, 3.63) is 96.1 Å². The summed E-state index contributed by atoms with van der Waals surface area (Å²) >= 11 is 0. The van der Waals surface area contributed by atoms with Gasteiger partial charge in [-0.05, 0) is 45.3 Å². The zero-order valence-corrected chi connectivity index (χ0v) is 17.4. The van der Waals surface area contributed by atoms with Gasteiger partial charge in [0.25, 0.3) is 5.91 Å². The van der Waals surface area contributed by atoms with Crippen LogP contribution in [0.5, 0.6) is 0 Å². The molecule has 0 bridgehead atoms. The van der Waals surface area contributed by atoms with Crippen molar-refractivity contribution in [2.75, 3.05) is 6.54 Å². The fourth-order valence-electron chi connectivity index (χ4n) is 3.85. The van der Waals surface area contributed by atoms with Gasteiger partial charge in [0.2, 0.25) is 11.8 Å². The highest BCUT2D eigenvalue weighted by Gasteiger charge is 2.21. The molecule has 0 aliphatic rings. The fourth-order valence-corrected chi connectivity index (χ4v) is 3.85. The second kappa shape index (κ2) is 9.31. The van der Waals surface area contributed by atoms with Crippen molar-refractivity contribution in [3.8, 4) is 0 Å². The summed E-state index contributed by atoms with van der Waals surface area (Å²) in [5.74, 6) is -1.48. The van der Waals surface area contributed by atoms with E-state index in [0.717, 1.165) is 27.1 Å². The minimum Gasteiger partial charge on any atom is -0.368 e. The van der Waals surface area contributed by atoms with E-state index in [2.05, 4.69) is 16.7 Å². The minimum atomic E-state index is -0.912. The number of nitrogens with one attached hydrogen (secondary N) is 2. The van der Waals surface area contributed by atoms with Crippen molar-refractivity contribution in [2.24, 2.45) is 5.73 Å². The lowest BCUT2D eigenvalue weighted by Crippen LogP contribution is -2.49. The first kappa shape index (κ1) is 21.1. The number of hydrogen-bond acceptors (Lipinski definition) is 3. The summed E-state index contributed by atoms with van der Waals surface area (Å²) in [6, 6.07) is 25.6. The van der Waals surface area contributed by atoms with Gasteiger partial charge in [-0.1, -0.05) is 66.7 Å². The van der Waals surface area contributed by atoms with E-state index in [1.54, 1.807) is 30.3 Å². The Morgan fingerprint density at radius 2 is 1.34 bits per heavy atom. The molecule has 32 heavy (non-hydrogen) atoms. The zero-order valence-electron chi connectivity index (χ0n) is 17.4. The molecule has 160 valence electrons. The van der Waals surface area contributed by atoms with Crippen LogP contribution in [0.4, 0.5) is 0 Å². The Morgan fingerprint density at radius 3 is 1.94 bits per heavy atom. The van der Waals surface area contributed by atoms with Crippen LogP contribution < -0.4 is 16.4 Å². The summed E-state index contributed by atoms with van der Waals surface area (Å²) in [6.45, 7) is -0.256. The highest BCUT2D eigenvalue weighted by atomic mass is 16.2. The number of primary amides is 1. The van der Waals surface area contributed by atoms with Gasteiger partial charge in [0.15, 0.2) is 0 Å². The molecule has 6 heteroatoms. The molecule has 0 fully saturated rings. The average molecular weight is 425 g/mol. The van der Waals surface area contributed by atoms with Crippen molar-refractivity contribution in [3.63, 3.8) is 0 Å². The number of carbonyl (C=O) groups excluding carboxylic acids is 3. The van der Waals surface area contributed by atoms with Crippen molar-refractivity contribution < 1.29 is 14.4 Å². The maximum Gasteiger partial charge on any atom is 0.251 e. The van der Waals surface area contributed by atoms with Gasteiger partial charge in [0.05, 0.1) is 6.54 Å². The third kappa shape index (κ3) is 4.59. The molecule has 0 aliphatic heterocycles. The molecule has 4 aromatic carbocycles. The van der Waals surface area contributed by atoms with Crippen molar-refractivity contribution >= 4 is 39.3 Å². The topological polar surface area (TPSA) is 101 Å². The Labute approximate surface area is 185 Å². The summed E-state index contributed by atoms with van der Waals surface area (Å²) in [4.78, 5) is 36.8. The first-order valence-electron chi connectivity index (χ1n) is 10.3. The lowest BCUT2D eigenvalue weighted by molar-refractivity contribution is -0.126. The molecule has 0 unspecified atom stereocenters. The summed E-state index contributed by atoms with van der Waals surface area (Å²) in [5, 5.41) is 9.34. The van der Waals surface area contributed by atoms with Crippen LogP contribution in [0.25, 0.3) is 21.5 Å². The van der Waals surface area contributed by atoms with E-state index >= 15 is 0 Å². The SMILES string of the molecule is NC(=O)[C@@H](Cc1c2ccccc2cc2ccccc12)NC(=O)CNC(=O)c1ccccc1. The molecule has 4 N–H and O–H groups in total. The van der Waals surface area contributed by atoms with E-state index < -0.39 is 17.9 Å². The summed E-state index contributed by atoms with van der Waals surface area (Å²) in [7, 11) is 0. The predicted molar refractivity (Wildman–Crippen MR) is 125 cm³/mol. The molecule has 4 rings (SSSR count). The molecule has 0 aromatic heterocycles. The van der Waals surface area contributed by atoms with E-state index in [0.29, 0.717) is 5.56 Å². The smallest absolute Gasteiger partial charge is 0.251 e. The highest BCUT2D eigenvalue weighted by Crippen LogP contribution is 2.29. The molecular weight excluding hydrogens is 402 g/mol. The van der Waals surface area contributed by atoms with Crippen LogP contribution in [0, 0.1) is 0 Å². The number of nitrogens with two attached hydrogens (primary N) is 1. The Kier molecular flexibility index (Phi) is 6.12. The molecule has 0 radical (unpaired) electrons. The number of rotatable bonds is 7. The van der Waals surface area contributed by atoms with Crippen LogP contribution >= 0.6 is 0 Å². The van der Waals surface area contributed by atoms with E-state index in [4.69, 9.17) is 5.73 Å². The lowest BCUT2D eigenvalue weighted by Gasteiger charge is -2.19. The maximum absolute atomic E-state index is 12.5. The minimum absolute atomic E-state index is 0.246. The third-order valence-electron chi connectivity index (χ3n) is 5.42. The fraction of sp³-hybridized carbons (Fsp3) is 0.115. The molecule has 0 spiro atoms. The predicted octanol–water partition coefficient (Wildman–Crippen LogP) is 2.94. The quantitative estimate of drug-likeness (QED) is 0.397. The van der Waals surface area contributed by atoms with Crippen LogP contribution in [-0.4, -0.2) is 30.3 Å². The first-order chi connectivity index (χ1) is 15.5. The number of amides is 3. The Morgan fingerprint density at radius 1 is 0.781 bits per heavy atom. The van der Waals surface area contributed by atoms with E-state index in [1.165, 1.54) is 0 Å². The van der Waals surface area contributed by atoms with Gasteiger partial charge < -0.3 is 16.4 Å². The van der Waals surface area contributed by atoms with E-state index in [9.17, 15) is 14.4 Å². The van der Waals surface area contributed by atoms with Crippen LogP contribution in [0.1, 0.15) is 15.9 Å². The molecule has 6 nitrogen and oxygen atoms in total. The first-order valence-corrected chi connectivity index (χ1v) is 10.3. The lowest BCUT2D eigenvalue weighted by atomic mass is 9.92. The Balaban J connectivity index is 1.54. The summed E-state index contributed by atoms with van der Waals surface area (Å²) in [6.07, 6.45) is 0.246. The normalized spacial score (nSPS) is 11.8. The molecule has 3 amide bonds. The molecule has 1 atom stereocenters. The number of hydrogen-bond donors (Lipinski definition) is 3. The molecule has 4 aromatic rings. The third-order valence-corrected chi connectivity index (χ3v) is 5.42. The maximum atomic E-state index is 12.5. The second-order valence-electron chi connectivity index (χ2n) is 7.57. The van der Waals surface area contributed by atoms with Gasteiger partial charge >= 0.3 is 0 Å². The van der Waals surface area contributed by atoms with Crippen LogP contribution in [-0.2, 0) is 16.0 Å². The van der Waals surface area contributed by atoms with Crippen molar-refractivity contribution in [1.82, 2.24) is 10.6 Å². The Hall–Kier alpha value is -4.19. The number of carbonyl (C=O) groups is 3. The second-order valence-corrected chi connectivity index (χ2v) is 7.57. The van der Waals surface area contributed by atoms with E-state index in [-0.39, 0.29) is 18.9 Å². The monoisotopic (exact) mass is 425 g/mol. The van der Waals surface area contributed by atoms with Gasteiger partial charge in [-0.2, -0.15) is 0 Å². The number of benzene rings is 4. The Bertz CT molecular complexity index is 1250. The van der Waals surface area contributed by atoms with Gasteiger partial charge in [-0.15, -0.1) is 0 Å². The molecule has 0 heterocycles. The van der Waals surface area contributed by atoms with E-state index in [1.807, 2.05) is 48.5 Å². The van der Waals surface area contributed by atoms with Gasteiger partial charge in [-0.25, -0.2) is 0 Å². The van der Waals surface area contributed by atoms with Crippen LogP contribution in [0.3, 0.4) is 0 Å². The van der Waals surface area contributed by atoms with Crippen LogP contribution in [0.15, 0.2) is 84.9 Å².